The minimum atomic E-state index is 0.706. The summed E-state index contributed by atoms with van der Waals surface area (Å²) in [6.45, 7) is 11.0. The van der Waals surface area contributed by atoms with E-state index >= 15 is 0 Å². The lowest BCUT2D eigenvalue weighted by molar-refractivity contribution is 0.0691. The molecule has 2 fully saturated rings. The van der Waals surface area contributed by atoms with Gasteiger partial charge in [0.15, 0.2) is 5.11 Å². The summed E-state index contributed by atoms with van der Waals surface area (Å²) in [6, 6.07) is 5.94. The molecule has 2 atom stereocenters. The summed E-state index contributed by atoms with van der Waals surface area (Å²) in [4.78, 5) is 5.06. The Morgan fingerprint density at radius 1 is 1.04 bits per heavy atom. The first-order valence-electron chi connectivity index (χ1n) is 10.7. The molecule has 1 aromatic rings. The standard InChI is InChI=1S/C23H37N3S/c1-16-14-18(3)22(19(4)15-16)24-23(27)26-12-10-20(11-13-26)25(5)21-9-7-6-8-17(21)2/h14-15,17,20-21H,6-13H2,1-5H3,(H,24,27). The Morgan fingerprint density at radius 3 is 2.22 bits per heavy atom. The Bertz CT molecular complexity index is 641. The molecule has 150 valence electrons. The van der Waals surface area contributed by atoms with Crippen LogP contribution in [0.2, 0.25) is 0 Å². The van der Waals surface area contributed by atoms with Gasteiger partial charge >= 0.3 is 0 Å². The van der Waals surface area contributed by atoms with Gasteiger partial charge in [-0.2, -0.15) is 0 Å². The largest absolute Gasteiger partial charge is 0.349 e. The lowest BCUT2D eigenvalue weighted by Crippen LogP contribution is -2.51. The number of likely N-dealkylation sites (tertiary alicyclic amines) is 1. The van der Waals surface area contributed by atoms with E-state index in [4.69, 9.17) is 12.2 Å². The van der Waals surface area contributed by atoms with Crippen LogP contribution in [0, 0.1) is 26.7 Å². The average Bonchev–Trinajstić information content (AvgIpc) is 2.64. The first-order valence-corrected chi connectivity index (χ1v) is 11.1. The maximum Gasteiger partial charge on any atom is 0.173 e. The van der Waals surface area contributed by atoms with Crippen molar-refractivity contribution in [3.05, 3.63) is 28.8 Å². The molecule has 0 radical (unpaired) electrons. The van der Waals surface area contributed by atoms with Crippen LogP contribution in [-0.2, 0) is 0 Å². The first-order chi connectivity index (χ1) is 12.9. The zero-order valence-electron chi connectivity index (χ0n) is 17.8. The van der Waals surface area contributed by atoms with Gasteiger partial charge in [-0.15, -0.1) is 0 Å². The number of piperidine rings is 1. The maximum absolute atomic E-state index is 5.76. The van der Waals surface area contributed by atoms with E-state index in [0.717, 1.165) is 30.2 Å². The quantitative estimate of drug-likeness (QED) is 0.711. The van der Waals surface area contributed by atoms with Crippen molar-refractivity contribution >= 4 is 23.0 Å². The van der Waals surface area contributed by atoms with Crippen molar-refractivity contribution < 1.29 is 0 Å². The van der Waals surface area contributed by atoms with Crippen molar-refractivity contribution in [1.29, 1.82) is 0 Å². The summed E-state index contributed by atoms with van der Waals surface area (Å²) >= 11 is 5.76. The van der Waals surface area contributed by atoms with Crippen molar-refractivity contribution in [3.63, 3.8) is 0 Å². The monoisotopic (exact) mass is 387 g/mol. The third-order valence-electron chi connectivity index (χ3n) is 6.83. The Morgan fingerprint density at radius 2 is 1.63 bits per heavy atom. The molecule has 0 amide bonds. The predicted octanol–water partition coefficient (Wildman–Crippen LogP) is 5.28. The smallest absolute Gasteiger partial charge is 0.173 e. The van der Waals surface area contributed by atoms with Crippen molar-refractivity contribution in [1.82, 2.24) is 9.80 Å². The van der Waals surface area contributed by atoms with E-state index in [1.165, 1.54) is 60.9 Å². The van der Waals surface area contributed by atoms with Crippen LogP contribution in [0.15, 0.2) is 12.1 Å². The molecule has 1 saturated carbocycles. The maximum atomic E-state index is 5.76. The van der Waals surface area contributed by atoms with Crippen LogP contribution in [0.1, 0.15) is 62.1 Å². The Hall–Kier alpha value is -1.13. The topological polar surface area (TPSA) is 18.5 Å². The number of aryl methyl sites for hydroxylation is 3. The van der Waals surface area contributed by atoms with Gasteiger partial charge in [-0.05, 0) is 82.8 Å². The molecule has 1 aromatic carbocycles. The molecule has 2 aliphatic rings. The molecular weight excluding hydrogens is 350 g/mol. The molecule has 1 aliphatic carbocycles. The van der Waals surface area contributed by atoms with Gasteiger partial charge < -0.3 is 15.1 Å². The van der Waals surface area contributed by atoms with Crippen molar-refractivity contribution in [3.8, 4) is 0 Å². The van der Waals surface area contributed by atoms with Gasteiger partial charge in [0.05, 0.1) is 0 Å². The third-order valence-corrected chi connectivity index (χ3v) is 7.19. The molecule has 1 aliphatic heterocycles. The molecule has 1 saturated heterocycles. The Balaban J connectivity index is 1.55. The molecule has 4 heteroatoms. The zero-order valence-corrected chi connectivity index (χ0v) is 18.7. The van der Waals surface area contributed by atoms with E-state index in [2.05, 4.69) is 62.0 Å². The van der Waals surface area contributed by atoms with Gasteiger partial charge in [0.25, 0.3) is 0 Å². The fraction of sp³-hybridized carbons (Fsp3) is 0.696. The number of nitrogens with zero attached hydrogens (tertiary/aromatic N) is 2. The van der Waals surface area contributed by atoms with Crippen LogP contribution in [-0.4, -0.2) is 47.1 Å². The molecule has 3 nitrogen and oxygen atoms in total. The number of benzene rings is 1. The number of thiocarbonyl (C=S) groups is 1. The highest BCUT2D eigenvalue weighted by molar-refractivity contribution is 7.80. The van der Waals surface area contributed by atoms with E-state index in [1.807, 2.05) is 0 Å². The number of nitrogens with one attached hydrogen (secondary N) is 1. The number of hydrogen-bond acceptors (Lipinski definition) is 2. The third kappa shape index (κ3) is 4.83. The van der Waals surface area contributed by atoms with Crippen molar-refractivity contribution in [2.45, 2.75) is 78.3 Å². The van der Waals surface area contributed by atoms with Crippen molar-refractivity contribution in [2.75, 3.05) is 25.5 Å². The van der Waals surface area contributed by atoms with Gasteiger partial charge in [0.2, 0.25) is 0 Å². The van der Waals surface area contributed by atoms with E-state index in [1.54, 1.807) is 0 Å². The van der Waals surface area contributed by atoms with Crippen LogP contribution in [0.25, 0.3) is 0 Å². The molecule has 2 unspecified atom stereocenters. The van der Waals surface area contributed by atoms with Crippen LogP contribution < -0.4 is 5.32 Å². The lowest BCUT2D eigenvalue weighted by Gasteiger charge is -2.44. The van der Waals surface area contributed by atoms with Gasteiger partial charge in [0, 0.05) is 30.9 Å². The zero-order chi connectivity index (χ0) is 19.6. The fourth-order valence-electron chi connectivity index (χ4n) is 5.21. The highest BCUT2D eigenvalue weighted by Gasteiger charge is 2.31. The van der Waals surface area contributed by atoms with Crippen LogP contribution in [0.4, 0.5) is 5.69 Å². The molecule has 3 rings (SSSR count). The number of hydrogen-bond donors (Lipinski definition) is 1. The van der Waals surface area contributed by atoms with Crippen LogP contribution >= 0.6 is 12.2 Å². The second-order valence-electron chi connectivity index (χ2n) is 8.92. The van der Waals surface area contributed by atoms with E-state index in [9.17, 15) is 0 Å². The summed E-state index contributed by atoms with van der Waals surface area (Å²) in [5, 5.41) is 4.42. The fourth-order valence-corrected chi connectivity index (χ4v) is 5.50. The summed E-state index contributed by atoms with van der Waals surface area (Å²) in [5.74, 6) is 0.844. The van der Waals surface area contributed by atoms with Gasteiger partial charge in [0.1, 0.15) is 0 Å². The number of anilines is 1. The Labute approximate surface area is 171 Å². The molecule has 0 spiro atoms. The van der Waals surface area contributed by atoms with Gasteiger partial charge in [-0.25, -0.2) is 0 Å². The summed E-state index contributed by atoms with van der Waals surface area (Å²) in [6.07, 6.45) is 8.03. The minimum absolute atomic E-state index is 0.706. The van der Waals surface area contributed by atoms with E-state index < -0.39 is 0 Å². The minimum Gasteiger partial charge on any atom is -0.349 e. The summed E-state index contributed by atoms with van der Waals surface area (Å²) in [7, 11) is 2.36. The second-order valence-corrected chi connectivity index (χ2v) is 9.30. The second kappa shape index (κ2) is 8.91. The molecule has 0 aromatic heterocycles. The molecule has 27 heavy (non-hydrogen) atoms. The number of rotatable bonds is 3. The first kappa shape index (κ1) is 20.6. The van der Waals surface area contributed by atoms with E-state index in [0.29, 0.717) is 6.04 Å². The molecular formula is C23H37N3S. The lowest BCUT2D eigenvalue weighted by atomic mass is 9.84. The highest BCUT2D eigenvalue weighted by Crippen LogP contribution is 2.31. The Kier molecular flexibility index (Phi) is 6.80. The summed E-state index contributed by atoms with van der Waals surface area (Å²) in [5.41, 5.74) is 5.04. The van der Waals surface area contributed by atoms with Crippen molar-refractivity contribution in [2.24, 2.45) is 5.92 Å². The summed E-state index contributed by atoms with van der Waals surface area (Å²) < 4.78 is 0. The predicted molar refractivity (Wildman–Crippen MR) is 121 cm³/mol. The molecule has 0 bridgehead atoms. The normalized spacial score (nSPS) is 24.3. The van der Waals surface area contributed by atoms with Crippen LogP contribution in [0.5, 0.6) is 0 Å². The van der Waals surface area contributed by atoms with Crippen LogP contribution in [0.3, 0.4) is 0 Å². The molecule has 1 N–H and O–H groups in total. The molecule has 1 heterocycles. The highest BCUT2D eigenvalue weighted by atomic mass is 32.1. The van der Waals surface area contributed by atoms with Gasteiger partial charge in [-0.1, -0.05) is 37.5 Å². The SMILES string of the molecule is Cc1cc(C)c(NC(=S)N2CCC(N(C)C3CCCCC3C)CC2)c(C)c1. The average molecular weight is 388 g/mol. The van der Waals surface area contributed by atoms with E-state index in [-0.39, 0.29) is 0 Å². The van der Waals surface area contributed by atoms with Gasteiger partial charge in [-0.3, -0.25) is 0 Å².